The first-order chi connectivity index (χ1) is 10.6. The zero-order valence-corrected chi connectivity index (χ0v) is 12.0. The van der Waals surface area contributed by atoms with E-state index in [1.54, 1.807) is 24.3 Å². The molecule has 0 fully saturated rings. The van der Waals surface area contributed by atoms with E-state index < -0.39 is 5.97 Å². The molecule has 0 bridgehead atoms. The van der Waals surface area contributed by atoms with Crippen LogP contribution in [-0.2, 0) is 16.0 Å². The Bertz CT molecular complexity index is 663. The second-order valence-electron chi connectivity index (χ2n) is 4.80. The number of carbonyl (C=O) groups excluding carboxylic acids is 1. The second kappa shape index (κ2) is 7.78. The highest BCUT2D eigenvalue weighted by Crippen LogP contribution is 2.11. The van der Waals surface area contributed by atoms with Gasteiger partial charge in [0.25, 0.3) is 0 Å². The summed E-state index contributed by atoms with van der Waals surface area (Å²) in [5, 5.41) is 11.6. The number of carboxylic acid groups (broad SMARTS) is 1. The summed E-state index contributed by atoms with van der Waals surface area (Å²) in [5.74, 6) is -1.30. The number of rotatable bonds is 6. The van der Waals surface area contributed by atoms with Crippen molar-refractivity contribution in [3.8, 4) is 0 Å². The van der Waals surface area contributed by atoms with Gasteiger partial charge in [0.15, 0.2) is 0 Å². The van der Waals surface area contributed by atoms with Gasteiger partial charge in [-0.1, -0.05) is 60.7 Å². The van der Waals surface area contributed by atoms with Crippen molar-refractivity contribution in [2.24, 2.45) is 0 Å². The molecule has 0 spiro atoms. The van der Waals surface area contributed by atoms with Gasteiger partial charge in [0.05, 0.1) is 5.70 Å². The normalized spacial score (nSPS) is 11.0. The van der Waals surface area contributed by atoms with Gasteiger partial charge in [0, 0.05) is 12.5 Å². The Labute approximate surface area is 129 Å². The third-order valence-electron chi connectivity index (χ3n) is 3.11. The highest BCUT2D eigenvalue weighted by atomic mass is 16.4. The van der Waals surface area contributed by atoms with Crippen LogP contribution >= 0.6 is 0 Å². The molecule has 0 unspecified atom stereocenters. The lowest BCUT2D eigenvalue weighted by Crippen LogP contribution is -2.23. The van der Waals surface area contributed by atoms with E-state index in [0.717, 1.165) is 11.6 Å². The maximum Gasteiger partial charge on any atom is 0.330 e. The fraction of sp³-hybridized carbons (Fsp3) is 0.111. The van der Waals surface area contributed by atoms with Gasteiger partial charge in [-0.25, -0.2) is 4.79 Å². The van der Waals surface area contributed by atoms with E-state index in [2.05, 4.69) is 5.32 Å². The molecule has 0 aliphatic carbocycles. The minimum absolute atomic E-state index is 0.208. The van der Waals surface area contributed by atoms with Gasteiger partial charge >= 0.3 is 5.97 Å². The van der Waals surface area contributed by atoms with Crippen molar-refractivity contribution in [1.29, 1.82) is 0 Å². The molecule has 0 aliphatic rings. The van der Waals surface area contributed by atoms with Crippen molar-refractivity contribution in [1.82, 2.24) is 5.32 Å². The molecule has 2 aromatic carbocycles. The number of hydrogen-bond donors (Lipinski definition) is 2. The van der Waals surface area contributed by atoms with Gasteiger partial charge in [0.2, 0.25) is 5.91 Å². The summed E-state index contributed by atoms with van der Waals surface area (Å²) in [6.07, 6.45) is 1.92. The Morgan fingerprint density at radius 2 is 1.55 bits per heavy atom. The minimum Gasteiger partial charge on any atom is -0.478 e. The van der Waals surface area contributed by atoms with Crippen molar-refractivity contribution >= 4 is 17.6 Å². The third kappa shape index (κ3) is 4.90. The van der Waals surface area contributed by atoms with E-state index >= 15 is 0 Å². The molecule has 0 saturated heterocycles. The van der Waals surface area contributed by atoms with Crippen LogP contribution in [0.5, 0.6) is 0 Å². The highest BCUT2D eigenvalue weighted by molar-refractivity contribution is 5.95. The number of hydrogen-bond acceptors (Lipinski definition) is 2. The van der Waals surface area contributed by atoms with Crippen LogP contribution in [0.25, 0.3) is 5.70 Å². The summed E-state index contributed by atoms with van der Waals surface area (Å²) < 4.78 is 0. The quantitative estimate of drug-likeness (QED) is 0.805. The van der Waals surface area contributed by atoms with Gasteiger partial charge in [-0.15, -0.1) is 0 Å². The number of aliphatic carboxylic acids is 1. The molecular formula is C18H17NO3. The third-order valence-corrected chi connectivity index (χ3v) is 3.11. The van der Waals surface area contributed by atoms with Crippen LogP contribution in [0.4, 0.5) is 0 Å². The number of amides is 1. The molecule has 22 heavy (non-hydrogen) atoms. The predicted molar refractivity (Wildman–Crippen MR) is 85.0 cm³/mol. The molecule has 1 amide bonds. The van der Waals surface area contributed by atoms with Crippen LogP contribution in [0.2, 0.25) is 0 Å². The number of carboxylic acids is 1. The molecule has 0 heterocycles. The lowest BCUT2D eigenvalue weighted by Gasteiger charge is -2.09. The molecule has 112 valence electrons. The molecule has 2 aromatic rings. The van der Waals surface area contributed by atoms with Gasteiger partial charge < -0.3 is 10.4 Å². The van der Waals surface area contributed by atoms with Crippen molar-refractivity contribution in [3.05, 3.63) is 77.9 Å². The van der Waals surface area contributed by atoms with Crippen LogP contribution in [0, 0.1) is 0 Å². The summed E-state index contributed by atoms with van der Waals surface area (Å²) >= 11 is 0. The Morgan fingerprint density at radius 3 is 2.14 bits per heavy atom. The standard InChI is InChI=1S/C18H17NO3/c20-17(12-11-14-7-3-1-4-8-14)19-16(13-18(21)22)15-9-5-2-6-10-15/h1-10,13H,11-12H2,(H,19,20)(H,21,22)/b16-13-. The molecule has 0 atom stereocenters. The van der Waals surface area contributed by atoms with E-state index in [9.17, 15) is 9.59 Å². The van der Waals surface area contributed by atoms with Crippen LogP contribution in [0.15, 0.2) is 66.7 Å². The molecule has 0 radical (unpaired) electrons. The lowest BCUT2D eigenvalue weighted by molar-refractivity contribution is -0.131. The highest BCUT2D eigenvalue weighted by Gasteiger charge is 2.09. The Morgan fingerprint density at radius 1 is 0.955 bits per heavy atom. The fourth-order valence-electron chi connectivity index (χ4n) is 2.05. The number of benzene rings is 2. The van der Waals surface area contributed by atoms with Crippen molar-refractivity contribution < 1.29 is 14.7 Å². The smallest absolute Gasteiger partial charge is 0.330 e. The van der Waals surface area contributed by atoms with Crippen LogP contribution in [0.3, 0.4) is 0 Å². The number of nitrogens with one attached hydrogen (secondary N) is 1. The summed E-state index contributed by atoms with van der Waals surface area (Å²) in [6, 6.07) is 18.6. The first-order valence-corrected chi connectivity index (χ1v) is 6.99. The molecular weight excluding hydrogens is 278 g/mol. The number of carbonyl (C=O) groups is 2. The van der Waals surface area contributed by atoms with Crippen LogP contribution < -0.4 is 5.32 Å². The number of aryl methyl sites for hydroxylation is 1. The summed E-state index contributed by atoms with van der Waals surface area (Å²) in [7, 11) is 0. The molecule has 0 aromatic heterocycles. The zero-order valence-electron chi connectivity index (χ0n) is 12.0. The molecule has 0 aliphatic heterocycles. The summed E-state index contributed by atoms with van der Waals surface area (Å²) in [5.41, 5.74) is 2.03. The Hall–Kier alpha value is -2.88. The minimum atomic E-state index is -1.10. The van der Waals surface area contributed by atoms with Crippen molar-refractivity contribution in [3.63, 3.8) is 0 Å². The molecule has 0 saturated carbocycles. The fourth-order valence-corrected chi connectivity index (χ4v) is 2.05. The maximum atomic E-state index is 12.0. The van der Waals surface area contributed by atoms with Gasteiger partial charge in [-0.2, -0.15) is 0 Å². The lowest BCUT2D eigenvalue weighted by atomic mass is 10.1. The molecule has 4 heteroatoms. The molecule has 2 N–H and O–H groups in total. The maximum absolute atomic E-state index is 12.0. The summed E-state index contributed by atoms with van der Waals surface area (Å²) in [6.45, 7) is 0. The van der Waals surface area contributed by atoms with Gasteiger partial charge in [-0.05, 0) is 17.5 Å². The zero-order chi connectivity index (χ0) is 15.8. The van der Waals surface area contributed by atoms with E-state index in [1.165, 1.54) is 0 Å². The van der Waals surface area contributed by atoms with Gasteiger partial charge in [0.1, 0.15) is 0 Å². The Kier molecular flexibility index (Phi) is 5.49. The Balaban J connectivity index is 2.01. The van der Waals surface area contributed by atoms with Gasteiger partial charge in [-0.3, -0.25) is 4.79 Å². The van der Waals surface area contributed by atoms with E-state index in [1.807, 2.05) is 36.4 Å². The van der Waals surface area contributed by atoms with Crippen LogP contribution in [0.1, 0.15) is 17.5 Å². The van der Waals surface area contributed by atoms with E-state index in [0.29, 0.717) is 24.1 Å². The average molecular weight is 295 g/mol. The van der Waals surface area contributed by atoms with Crippen molar-refractivity contribution in [2.45, 2.75) is 12.8 Å². The average Bonchev–Trinajstić information content (AvgIpc) is 2.54. The summed E-state index contributed by atoms with van der Waals surface area (Å²) in [4.78, 5) is 23.0. The topological polar surface area (TPSA) is 66.4 Å². The predicted octanol–water partition coefficient (Wildman–Crippen LogP) is 2.86. The SMILES string of the molecule is O=C(O)/C=C(\NC(=O)CCc1ccccc1)c1ccccc1. The molecule has 2 rings (SSSR count). The molecule has 4 nitrogen and oxygen atoms in total. The van der Waals surface area contributed by atoms with E-state index in [4.69, 9.17) is 5.11 Å². The first kappa shape index (κ1) is 15.5. The second-order valence-corrected chi connectivity index (χ2v) is 4.80. The van der Waals surface area contributed by atoms with Crippen LogP contribution in [-0.4, -0.2) is 17.0 Å². The van der Waals surface area contributed by atoms with E-state index in [-0.39, 0.29) is 5.91 Å². The first-order valence-electron chi connectivity index (χ1n) is 6.99. The monoisotopic (exact) mass is 295 g/mol. The van der Waals surface area contributed by atoms with Crippen molar-refractivity contribution in [2.75, 3.05) is 0 Å². The largest absolute Gasteiger partial charge is 0.478 e.